The number of aliphatic carboxylic acids is 1. The van der Waals surface area contributed by atoms with Gasteiger partial charge in [-0.3, -0.25) is 19.3 Å². The second-order valence-electron chi connectivity index (χ2n) is 7.64. The Bertz CT molecular complexity index is 946. The second-order valence-corrected chi connectivity index (χ2v) is 8.89. The van der Waals surface area contributed by atoms with Crippen molar-refractivity contribution in [1.82, 2.24) is 9.88 Å². The molecule has 1 aromatic heterocycles. The van der Waals surface area contributed by atoms with Crippen LogP contribution in [-0.2, 0) is 14.4 Å². The third kappa shape index (κ3) is 4.99. The van der Waals surface area contributed by atoms with E-state index in [1.165, 1.54) is 21.1 Å². The third-order valence-electron chi connectivity index (χ3n) is 4.82. The molecule has 0 bridgehead atoms. The summed E-state index contributed by atoms with van der Waals surface area (Å²) in [5.41, 5.74) is 1.42. The fourth-order valence-electron chi connectivity index (χ4n) is 3.49. The molecule has 2 amide bonds. The SMILES string of the molecule is CC(C)CN1C(=O)CCCN(c2nc(-c3ccccc3Cl)cs2)C(=O)C1CC(=O)O. The molecular formula is C21H24ClN3O4S. The van der Waals surface area contributed by atoms with Crippen LogP contribution >= 0.6 is 22.9 Å². The van der Waals surface area contributed by atoms with Crippen LogP contribution < -0.4 is 4.90 Å². The third-order valence-corrected chi connectivity index (χ3v) is 6.02. The highest BCUT2D eigenvalue weighted by Gasteiger charge is 2.38. The van der Waals surface area contributed by atoms with Crippen LogP contribution in [0.4, 0.5) is 5.13 Å². The molecule has 0 radical (unpaired) electrons. The van der Waals surface area contributed by atoms with Gasteiger partial charge in [-0.05, 0) is 18.4 Å². The number of rotatable bonds is 6. The molecule has 0 saturated carbocycles. The number of benzene rings is 1. The lowest BCUT2D eigenvalue weighted by Crippen LogP contribution is -2.55. The predicted octanol–water partition coefficient (Wildman–Crippen LogP) is 3.92. The normalized spacial score (nSPS) is 17.9. The molecule has 1 N–H and O–H groups in total. The molecular weight excluding hydrogens is 426 g/mol. The van der Waals surface area contributed by atoms with Crippen LogP contribution in [0.3, 0.4) is 0 Å². The maximum absolute atomic E-state index is 13.4. The molecule has 1 aliphatic rings. The number of hydrogen-bond acceptors (Lipinski definition) is 5. The Kier molecular flexibility index (Phi) is 7.10. The number of amides is 2. The summed E-state index contributed by atoms with van der Waals surface area (Å²) in [4.78, 5) is 45.1. The van der Waals surface area contributed by atoms with Gasteiger partial charge in [0.25, 0.3) is 5.91 Å². The number of carbonyl (C=O) groups excluding carboxylic acids is 2. The van der Waals surface area contributed by atoms with Crippen LogP contribution in [-0.4, -0.2) is 51.9 Å². The lowest BCUT2D eigenvalue weighted by Gasteiger charge is -2.36. The molecule has 9 heteroatoms. The first-order valence-corrected chi connectivity index (χ1v) is 11.1. The summed E-state index contributed by atoms with van der Waals surface area (Å²) in [5, 5.41) is 12.2. The van der Waals surface area contributed by atoms with Crippen molar-refractivity contribution in [2.24, 2.45) is 5.92 Å². The Balaban J connectivity index is 1.95. The van der Waals surface area contributed by atoms with Crippen LogP contribution in [0.25, 0.3) is 11.3 Å². The Morgan fingerprint density at radius 1 is 1.33 bits per heavy atom. The van der Waals surface area contributed by atoms with Crippen molar-refractivity contribution >= 4 is 45.9 Å². The van der Waals surface area contributed by atoms with E-state index in [9.17, 15) is 19.5 Å². The van der Waals surface area contributed by atoms with Gasteiger partial charge in [-0.25, -0.2) is 4.98 Å². The van der Waals surface area contributed by atoms with Gasteiger partial charge in [0.2, 0.25) is 5.91 Å². The number of aromatic nitrogens is 1. The zero-order valence-corrected chi connectivity index (χ0v) is 18.4. The van der Waals surface area contributed by atoms with Gasteiger partial charge in [0, 0.05) is 35.5 Å². The number of hydrogen-bond donors (Lipinski definition) is 1. The quantitative estimate of drug-likeness (QED) is 0.721. The van der Waals surface area contributed by atoms with E-state index in [2.05, 4.69) is 4.98 Å². The largest absolute Gasteiger partial charge is 0.481 e. The molecule has 2 aromatic rings. The van der Waals surface area contributed by atoms with Gasteiger partial charge in [0.15, 0.2) is 5.13 Å². The molecule has 0 aliphatic carbocycles. The van der Waals surface area contributed by atoms with Gasteiger partial charge >= 0.3 is 5.97 Å². The number of halogens is 1. The molecule has 2 heterocycles. The van der Waals surface area contributed by atoms with E-state index in [0.717, 1.165) is 5.56 Å². The fourth-order valence-corrected chi connectivity index (χ4v) is 4.57. The van der Waals surface area contributed by atoms with E-state index in [0.29, 0.717) is 35.4 Å². The molecule has 1 aliphatic heterocycles. The molecule has 1 unspecified atom stereocenters. The van der Waals surface area contributed by atoms with Crippen molar-refractivity contribution in [3.8, 4) is 11.3 Å². The minimum atomic E-state index is -1.12. The Labute approximate surface area is 184 Å². The van der Waals surface area contributed by atoms with E-state index >= 15 is 0 Å². The van der Waals surface area contributed by atoms with Crippen molar-refractivity contribution in [1.29, 1.82) is 0 Å². The van der Waals surface area contributed by atoms with Crippen molar-refractivity contribution in [2.75, 3.05) is 18.0 Å². The number of carbonyl (C=O) groups is 3. The number of carboxylic acids is 1. The molecule has 160 valence electrons. The highest BCUT2D eigenvalue weighted by atomic mass is 35.5. The Morgan fingerprint density at radius 3 is 2.73 bits per heavy atom. The first kappa shape index (κ1) is 22.2. The first-order chi connectivity index (χ1) is 14.3. The number of thiazole rings is 1. The first-order valence-electron chi connectivity index (χ1n) is 9.81. The van der Waals surface area contributed by atoms with Gasteiger partial charge in [-0.1, -0.05) is 43.6 Å². The summed E-state index contributed by atoms with van der Waals surface area (Å²) in [6, 6.07) is 6.27. The minimum Gasteiger partial charge on any atom is -0.481 e. The maximum Gasteiger partial charge on any atom is 0.305 e. The van der Waals surface area contributed by atoms with Crippen molar-refractivity contribution in [2.45, 2.75) is 39.2 Å². The molecule has 1 fully saturated rings. The molecule has 1 aromatic carbocycles. The van der Waals surface area contributed by atoms with Gasteiger partial charge in [-0.2, -0.15) is 0 Å². The maximum atomic E-state index is 13.4. The zero-order valence-electron chi connectivity index (χ0n) is 16.9. The number of anilines is 1. The van der Waals surface area contributed by atoms with Crippen molar-refractivity contribution < 1.29 is 19.5 Å². The molecule has 30 heavy (non-hydrogen) atoms. The summed E-state index contributed by atoms with van der Waals surface area (Å²) in [7, 11) is 0. The van der Waals surface area contributed by atoms with Crippen LogP contribution in [0.5, 0.6) is 0 Å². The van der Waals surface area contributed by atoms with Crippen molar-refractivity contribution in [3.63, 3.8) is 0 Å². The summed E-state index contributed by atoms with van der Waals surface area (Å²) >= 11 is 7.57. The van der Waals surface area contributed by atoms with Crippen LogP contribution in [0.2, 0.25) is 5.02 Å². The molecule has 1 atom stereocenters. The van der Waals surface area contributed by atoms with Gasteiger partial charge in [0.1, 0.15) is 6.04 Å². The van der Waals surface area contributed by atoms with E-state index < -0.39 is 24.3 Å². The summed E-state index contributed by atoms with van der Waals surface area (Å²) in [5.74, 6) is -1.60. The Morgan fingerprint density at radius 2 is 2.07 bits per heavy atom. The van der Waals surface area contributed by atoms with Gasteiger partial charge < -0.3 is 10.0 Å². The fraction of sp³-hybridized carbons (Fsp3) is 0.429. The van der Waals surface area contributed by atoms with Gasteiger partial charge in [0.05, 0.1) is 12.1 Å². The zero-order chi connectivity index (χ0) is 21.8. The monoisotopic (exact) mass is 449 g/mol. The van der Waals surface area contributed by atoms with E-state index in [4.69, 9.17) is 11.6 Å². The van der Waals surface area contributed by atoms with E-state index in [-0.39, 0.29) is 18.2 Å². The lowest BCUT2D eigenvalue weighted by atomic mass is 10.0. The summed E-state index contributed by atoms with van der Waals surface area (Å²) in [6.07, 6.45) is 0.311. The topological polar surface area (TPSA) is 90.8 Å². The smallest absolute Gasteiger partial charge is 0.305 e. The molecule has 1 saturated heterocycles. The molecule has 7 nitrogen and oxygen atoms in total. The summed E-state index contributed by atoms with van der Waals surface area (Å²) in [6.45, 7) is 4.51. The molecule has 3 rings (SSSR count). The van der Waals surface area contributed by atoms with Crippen molar-refractivity contribution in [3.05, 3.63) is 34.7 Å². The van der Waals surface area contributed by atoms with Crippen LogP contribution in [0.15, 0.2) is 29.6 Å². The van der Waals surface area contributed by atoms with Gasteiger partial charge in [-0.15, -0.1) is 11.3 Å². The number of carboxylic acid groups (broad SMARTS) is 1. The highest BCUT2D eigenvalue weighted by Crippen LogP contribution is 2.33. The number of nitrogens with zero attached hydrogens (tertiary/aromatic N) is 3. The lowest BCUT2D eigenvalue weighted by molar-refractivity contribution is -0.147. The van der Waals surface area contributed by atoms with E-state index in [1.807, 2.05) is 37.4 Å². The van der Waals surface area contributed by atoms with E-state index in [1.54, 1.807) is 6.07 Å². The summed E-state index contributed by atoms with van der Waals surface area (Å²) < 4.78 is 0. The average Bonchev–Trinajstić information content (AvgIpc) is 3.16. The highest BCUT2D eigenvalue weighted by molar-refractivity contribution is 7.14. The second kappa shape index (κ2) is 9.57. The Hall–Kier alpha value is -2.45. The standard InChI is InChI=1S/C21H24ClN3O4S/c1-13(2)11-25-17(10-19(27)28)20(29)24(9-5-8-18(25)26)21-23-16(12-30-21)14-6-3-4-7-15(14)22/h3-4,6-7,12-13,17H,5,8-11H2,1-2H3,(H,27,28). The average molecular weight is 450 g/mol. The van der Waals surface area contributed by atoms with Crippen LogP contribution in [0.1, 0.15) is 33.1 Å². The predicted molar refractivity (Wildman–Crippen MR) is 117 cm³/mol. The molecule has 0 spiro atoms. The van der Waals surface area contributed by atoms with Crippen LogP contribution in [0, 0.1) is 5.92 Å². The minimum absolute atomic E-state index is 0.109.